The average Bonchev–Trinajstić information content (AvgIpc) is 2.97. The molecule has 1 aromatic carbocycles. The Hall–Kier alpha value is -1.39. The minimum Gasteiger partial charge on any atom is -0.354 e. The molecule has 4 nitrogen and oxygen atoms in total. The van der Waals surface area contributed by atoms with E-state index >= 15 is 0 Å². The van der Waals surface area contributed by atoms with Crippen molar-refractivity contribution in [2.45, 2.75) is 45.1 Å². The van der Waals surface area contributed by atoms with Gasteiger partial charge in [0.25, 0.3) is 0 Å². The number of benzene rings is 1. The summed E-state index contributed by atoms with van der Waals surface area (Å²) >= 11 is 0. The molecule has 1 N–H and O–H groups in total. The molecule has 2 saturated heterocycles. The Labute approximate surface area is 152 Å². The second-order valence-corrected chi connectivity index (χ2v) is 8.02. The molecule has 4 heteroatoms. The lowest BCUT2D eigenvalue weighted by molar-refractivity contribution is -0.125. The van der Waals surface area contributed by atoms with Gasteiger partial charge in [0.1, 0.15) is 0 Å². The quantitative estimate of drug-likeness (QED) is 0.862. The molecule has 0 saturated carbocycles. The highest BCUT2D eigenvalue weighted by Gasteiger charge is 2.47. The molecule has 0 unspecified atom stereocenters. The highest BCUT2D eigenvalue weighted by molar-refractivity contribution is 5.82. The molecule has 2 aliphatic heterocycles. The summed E-state index contributed by atoms with van der Waals surface area (Å²) in [6.07, 6.45) is 5.53. The molecule has 3 rings (SSSR count). The van der Waals surface area contributed by atoms with E-state index in [1.165, 1.54) is 31.5 Å². The maximum absolute atomic E-state index is 12.8. The van der Waals surface area contributed by atoms with E-state index in [1.807, 2.05) is 6.07 Å². The van der Waals surface area contributed by atoms with E-state index in [1.54, 1.807) is 0 Å². The van der Waals surface area contributed by atoms with Crippen molar-refractivity contribution in [2.24, 2.45) is 5.41 Å². The van der Waals surface area contributed by atoms with E-state index < -0.39 is 0 Å². The van der Waals surface area contributed by atoms with E-state index in [0.717, 1.165) is 38.9 Å². The van der Waals surface area contributed by atoms with Crippen LogP contribution in [0.3, 0.4) is 0 Å². The summed E-state index contributed by atoms with van der Waals surface area (Å²) in [5.41, 5.74) is 1.65. The van der Waals surface area contributed by atoms with Crippen LogP contribution in [0, 0.1) is 5.41 Å². The molecule has 1 atom stereocenters. The van der Waals surface area contributed by atoms with Crippen LogP contribution in [0.5, 0.6) is 0 Å². The number of nitrogens with zero attached hydrogens (tertiary/aromatic N) is 2. The molecule has 25 heavy (non-hydrogen) atoms. The highest BCUT2D eigenvalue weighted by atomic mass is 16.2. The van der Waals surface area contributed by atoms with Gasteiger partial charge in [-0.1, -0.05) is 37.3 Å². The lowest BCUT2D eigenvalue weighted by Crippen LogP contribution is -2.44. The van der Waals surface area contributed by atoms with Crippen LogP contribution in [-0.4, -0.2) is 61.5 Å². The second kappa shape index (κ2) is 8.33. The monoisotopic (exact) mass is 343 g/mol. The number of carbonyl (C=O) groups excluding carboxylic acids is 1. The van der Waals surface area contributed by atoms with Crippen molar-refractivity contribution in [3.63, 3.8) is 0 Å². The van der Waals surface area contributed by atoms with Crippen molar-refractivity contribution in [3.05, 3.63) is 35.9 Å². The van der Waals surface area contributed by atoms with Crippen molar-refractivity contribution in [1.29, 1.82) is 0 Å². The second-order valence-electron chi connectivity index (χ2n) is 8.02. The third kappa shape index (κ3) is 4.62. The zero-order valence-corrected chi connectivity index (χ0v) is 15.8. The van der Waals surface area contributed by atoms with Gasteiger partial charge in [-0.25, -0.2) is 0 Å². The Bertz CT molecular complexity index is 552. The number of nitrogens with one attached hydrogen (secondary N) is 1. The van der Waals surface area contributed by atoms with E-state index in [2.05, 4.69) is 53.4 Å². The van der Waals surface area contributed by atoms with E-state index in [-0.39, 0.29) is 11.9 Å². The third-order valence-electron chi connectivity index (χ3n) is 6.02. The van der Waals surface area contributed by atoms with E-state index in [0.29, 0.717) is 5.41 Å². The predicted octanol–water partition coefficient (Wildman–Crippen LogP) is 2.54. The summed E-state index contributed by atoms with van der Waals surface area (Å²) in [4.78, 5) is 17.7. The molecule has 2 heterocycles. The summed E-state index contributed by atoms with van der Waals surface area (Å²) in [5.74, 6) is 0.236. The SMILES string of the molecule is CCCN1CC2(CCN(C)CC2)C[C@H]1C(=O)NCCc1ccccc1. The largest absolute Gasteiger partial charge is 0.354 e. The minimum atomic E-state index is 0.0686. The molecular weight excluding hydrogens is 310 g/mol. The molecule has 0 aliphatic carbocycles. The van der Waals surface area contributed by atoms with Crippen LogP contribution in [-0.2, 0) is 11.2 Å². The molecule has 0 radical (unpaired) electrons. The number of carbonyl (C=O) groups is 1. The molecule has 2 aliphatic rings. The summed E-state index contributed by atoms with van der Waals surface area (Å²) < 4.78 is 0. The number of hydrogen-bond acceptors (Lipinski definition) is 3. The third-order valence-corrected chi connectivity index (χ3v) is 6.02. The summed E-state index contributed by atoms with van der Waals surface area (Å²) in [6, 6.07) is 10.5. The zero-order chi connectivity index (χ0) is 17.7. The normalized spacial score (nSPS) is 23.8. The van der Waals surface area contributed by atoms with E-state index in [4.69, 9.17) is 0 Å². The topological polar surface area (TPSA) is 35.6 Å². The minimum absolute atomic E-state index is 0.0686. The summed E-state index contributed by atoms with van der Waals surface area (Å²) in [7, 11) is 2.21. The van der Waals surface area contributed by atoms with Crippen molar-refractivity contribution in [2.75, 3.05) is 39.8 Å². The maximum atomic E-state index is 12.8. The first kappa shape index (κ1) is 18.4. The van der Waals surface area contributed by atoms with Gasteiger partial charge in [0.2, 0.25) is 5.91 Å². The van der Waals surface area contributed by atoms with Crippen LogP contribution < -0.4 is 5.32 Å². The Balaban J connectivity index is 1.55. The van der Waals surface area contributed by atoms with Crippen LogP contribution in [0.1, 0.15) is 38.2 Å². The van der Waals surface area contributed by atoms with Gasteiger partial charge in [-0.05, 0) is 69.8 Å². The number of amides is 1. The Kier molecular flexibility index (Phi) is 6.13. The van der Waals surface area contributed by atoms with Crippen LogP contribution in [0.4, 0.5) is 0 Å². The van der Waals surface area contributed by atoms with Gasteiger partial charge >= 0.3 is 0 Å². The molecule has 1 amide bonds. The summed E-state index contributed by atoms with van der Waals surface area (Å²) in [6.45, 7) is 7.42. The zero-order valence-electron chi connectivity index (χ0n) is 15.8. The Morgan fingerprint density at radius 1 is 1.24 bits per heavy atom. The Morgan fingerprint density at radius 2 is 1.96 bits per heavy atom. The molecular formula is C21H33N3O. The molecule has 2 fully saturated rings. The van der Waals surface area contributed by atoms with Gasteiger partial charge in [0.15, 0.2) is 0 Å². The fourth-order valence-electron chi connectivity index (χ4n) is 4.47. The number of likely N-dealkylation sites (tertiary alicyclic amines) is 2. The van der Waals surface area contributed by atoms with Crippen molar-refractivity contribution in [3.8, 4) is 0 Å². The lowest BCUT2D eigenvalue weighted by Gasteiger charge is -2.37. The maximum Gasteiger partial charge on any atom is 0.237 e. The van der Waals surface area contributed by atoms with Crippen LogP contribution in [0.25, 0.3) is 0 Å². The first-order valence-corrected chi connectivity index (χ1v) is 9.86. The fourth-order valence-corrected chi connectivity index (χ4v) is 4.47. The van der Waals surface area contributed by atoms with Crippen molar-refractivity contribution < 1.29 is 4.79 Å². The summed E-state index contributed by atoms with van der Waals surface area (Å²) in [5, 5.41) is 3.20. The number of hydrogen-bond donors (Lipinski definition) is 1. The van der Waals surface area contributed by atoms with Gasteiger partial charge in [-0.15, -0.1) is 0 Å². The fraction of sp³-hybridized carbons (Fsp3) is 0.667. The standard InChI is InChI=1S/C21H33N3O/c1-3-13-24-17-21(10-14-23(2)15-11-21)16-19(24)20(25)22-12-9-18-7-5-4-6-8-18/h4-8,19H,3,9-17H2,1-2H3,(H,22,25)/t19-/m0/s1. The van der Waals surface area contributed by atoms with Crippen molar-refractivity contribution >= 4 is 5.91 Å². The number of rotatable bonds is 6. The van der Waals surface area contributed by atoms with Crippen LogP contribution in [0.2, 0.25) is 0 Å². The van der Waals surface area contributed by atoms with Gasteiger partial charge in [0, 0.05) is 13.1 Å². The predicted molar refractivity (Wildman–Crippen MR) is 103 cm³/mol. The van der Waals surface area contributed by atoms with Gasteiger partial charge in [-0.2, -0.15) is 0 Å². The highest BCUT2D eigenvalue weighted by Crippen LogP contribution is 2.43. The van der Waals surface area contributed by atoms with Gasteiger partial charge in [0.05, 0.1) is 6.04 Å². The molecule has 1 aromatic rings. The average molecular weight is 344 g/mol. The molecule has 0 bridgehead atoms. The van der Waals surface area contributed by atoms with Gasteiger partial charge in [-0.3, -0.25) is 9.69 Å². The van der Waals surface area contributed by atoms with Crippen molar-refractivity contribution in [1.82, 2.24) is 15.1 Å². The molecule has 138 valence electrons. The molecule has 1 spiro atoms. The van der Waals surface area contributed by atoms with E-state index in [9.17, 15) is 4.79 Å². The Morgan fingerprint density at radius 3 is 2.64 bits per heavy atom. The molecule has 0 aromatic heterocycles. The van der Waals surface area contributed by atoms with Crippen LogP contribution in [0.15, 0.2) is 30.3 Å². The number of piperidine rings is 1. The van der Waals surface area contributed by atoms with Gasteiger partial charge < -0.3 is 10.2 Å². The van der Waals surface area contributed by atoms with Crippen LogP contribution >= 0.6 is 0 Å². The first-order valence-electron chi connectivity index (χ1n) is 9.86. The first-order chi connectivity index (χ1) is 12.1. The smallest absolute Gasteiger partial charge is 0.237 e. The lowest BCUT2D eigenvalue weighted by atomic mass is 9.76.